The number of rotatable bonds is 4. The SMILES string of the molecule is COCO[C@@H]1C[C@H]2[C@@H](CO)CCC[C@H]2N(C(=O)OC(C)(C)C)[C@H]1C. The molecule has 1 aliphatic carbocycles. The zero-order chi connectivity index (χ0) is 17.9. The molecule has 1 saturated carbocycles. The normalized spacial score (nSPS) is 33.9. The predicted octanol–water partition coefficient (Wildman–Crippen LogP) is 2.78. The van der Waals surface area contributed by atoms with E-state index in [4.69, 9.17) is 14.2 Å². The summed E-state index contributed by atoms with van der Waals surface area (Å²) in [4.78, 5) is 14.7. The van der Waals surface area contributed by atoms with Gasteiger partial charge in [-0.15, -0.1) is 0 Å². The van der Waals surface area contributed by atoms with Crippen molar-refractivity contribution >= 4 is 6.09 Å². The Kier molecular flexibility index (Phi) is 6.51. The van der Waals surface area contributed by atoms with Gasteiger partial charge < -0.3 is 19.3 Å². The molecule has 0 aromatic rings. The van der Waals surface area contributed by atoms with Crippen molar-refractivity contribution in [3.05, 3.63) is 0 Å². The molecule has 0 bridgehead atoms. The van der Waals surface area contributed by atoms with Crippen molar-refractivity contribution in [3.63, 3.8) is 0 Å². The Labute approximate surface area is 145 Å². The smallest absolute Gasteiger partial charge is 0.410 e. The first-order valence-corrected chi connectivity index (χ1v) is 9.01. The summed E-state index contributed by atoms with van der Waals surface area (Å²) < 4.78 is 16.6. The summed E-state index contributed by atoms with van der Waals surface area (Å²) in [6, 6.07) is 0.0387. The highest BCUT2D eigenvalue weighted by molar-refractivity contribution is 5.69. The molecule has 0 aromatic carbocycles. The van der Waals surface area contributed by atoms with E-state index in [-0.39, 0.29) is 49.5 Å². The molecule has 1 N–H and O–H groups in total. The van der Waals surface area contributed by atoms with Crippen molar-refractivity contribution in [1.29, 1.82) is 0 Å². The van der Waals surface area contributed by atoms with Crippen LogP contribution in [0.5, 0.6) is 0 Å². The van der Waals surface area contributed by atoms with Gasteiger partial charge in [-0.3, -0.25) is 4.90 Å². The Hall–Kier alpha value is -0.850. The molecule has 0 unspecified atom stereocenters. The van der Waals surface area contributed by atoms with Gasteiger partial charge in [0.25, 0.3) is 0 Å². The number of piperidine rings is 1. The number of hydrogen-bond donors (Lipinski definition) is 1. The minimum absolute atomic E-state index is 0.0753. The van der Waals surface area contributed by atoms with Crippen LogP contribution in [0.15, 0.2) is 0 Å². The summed E-state index contributed by atoms with van der Waals surface area (Å²) in [6.45, 7) is 8.03. The van der Waals surface area contributed by atoms with E-state index < -0.39 is 5.60 Å². The second-order valence-corrected chi connectivity index (χ2v) is 8.08. The number of carbonyl (C=O) groups excluding carboxylic acids is 1. The standard InChI is InChI=1S/C18H33NO5/c1-12-16(23-11-22-5)9-14-13(10-20)7-6-8-15(14)19(12)17(21)24-18(2,3)4/h12-16,20H,6-11H2,1-5H3/t12-,13+,14-,15+,16+/m0/s1. The van der Waals surface area contributed by atoms with Crippen LogP contribution in [0, 0.1) is 11.8 Å². The average Bonchev–Trinajstić information content (AvgIpc) is 2.50. The topological polar surface area (TPSA) is 68.2 Å². The zero-order valence-corrected chi connectivity index (χ0v) is 15.7. The molecule has 24 heavy (non-hydrogen) atoms. The van der Waals surface area contributed by atoms with Crippen molar-refractivity contribution in [1.82, 2.24) is 4.90 Å². The molecular formula is C18H33NO5. The molecule has 140 valence electrons. The summed E-state index contributed by atoms with van der Waals surface area (Å²) in [6.07, 6.45) is 3.45. The number of carbonyl (C=O) groups is 1. The molecular weight excluding hydrogens is 310 g/mol. The summed E-state index contributed by atoms with van der Waals surface area (Å²) in [5.74, 6) is 0.462. The quantitative estimate of drug-likeness (QED) is 0.795. The molecule has 6 heteroatoms. The second-order valence-electron chi connectivity index (χ2n) is 8.08. The second kappa shape index (κ2) is 8.02. The number of methoxy groups -OCH3 is 1. The van der Waals surface area contributed by atoms with Gasteiger partial charge in [-0.1, -0.05) is 6.42 Å². The molecule has 1 aliphatic heterocycles. The van der Waals surface area contributed by atoms with Crippen LogP contribution in [-0.4, -0.2) is 60.4 Å². The third kappa shape index (κ3) is 4.41. The maximum atomic E-state index is 12.8. The van der Waals surface area contributed by atoms with E-state index >= 15 is 0 Å². The Morgan fingerprint density at radius 1 is 1.29 bits per heavy atom. The predicted molar refractivity (Wildman–Crippen MR) is 90.6 cm³/mol. The lowest BCUT2D eigenvalue weighted by Crippen LogP contribution is -2.62. The van der Waals surface area contributed by atoms with Gasteiger partial charge in [0.15, 0.2) is 0 Å². The first kappa shape index (κ1) is 19.5. The fraction of sp³-hybridized carbons (Fsp3) is 0.944. The summed E-state index contributed by atoms with van der Waals surface area (Å²) in [5, 5.41) is 9.77. The minimum atomic E-state index is -0.530. The number of ether oxygens (including phenoxy) is 3. The number of hydrogen-bond acceptors (Lipinski definition) is 5. The van der Waals surface area contributed by atoms with E-state index in [9.17, 15) is 9.90 Å². The van der Waals surface area contributed by atoms with Crippen molar-refractivity contribution in [2.75, 3.05) is 20.5 Å². The van der Waals surface area contributed by atoms with E-state index in [2.05, 4.69) is 0 Å². The van der Waals surface area contributed by atoms with Gasteiger partial charge in [0, 0.05) is 19.8 Å². The van der Waals surface area contributed by atoms with Crippen molar-refractivity contribution in [2.45, 2.75) is 77.2 Å². The maximum Gasteiger partial charge on any atom is 0.410 e. The van der Waals surface area contributed by atoms with Crippen LogP contribution < -0.4 is 0 Å². The molecule has 6 nitrogen and oxygen atoms in total. The number of aliphatic hydroxyl groups is 1. The van der Waals surface area contributed by atoms with Crippen LogP contribution in [-0.2, 0) is 14.2 Å². The highest BCUT2D eigenvalue weighted by Crippen LogP contribution is 2.42. The van der Waals surface area contributed by atoms with Crippen LogP contribution in [0.4, 0.5) is 4.79 Å². The molecule has 2 fully saturated rings. The molecule has 0 aromatic heterocycles. The third-order valence-electron chi connectivity index (χ3n) is 5.25. The van der Waals surface area contributed by atoms with Crippen molar-refractivity contribution < 1.29 is 24.1 Å². The minimum Gasteiger partial charge on any atom is -0.444 e. The highest BCUT2D eigenvalue weighted by atomic mass is 16.7. The zero-order valence-electron chi connectivity index (χ0n) is 15.7. The van der Waals surface area contributed by atoms with Gasteiger partial charge in [0.05, 0.1) is 12.1 Å². The fourth-order valence-corrected chi connectivity index (χ4v) is 4.18. The highest BCUT2D eigenvalue weighted by Gasteiger charge is 2.48. The number of fused-ring (bicyclic) bond motifs is 1. The molecule has 0 radical (unpaired) electrons. The Bertz CT molecular complexity index is 422. The Balaban J connectivity index is 2.23. The van der Waals surface area contributed by atoms with E-state index in [0.29, 0.717) is 0 Å². The first-order valence-electron chi connectivity index (χ1n) is 9.01. The summed E-state index contributed by atoms with van der Waals surface area (Å²) in [5.41, 5.74) is -0.530. The van der Waals surface area contributed by atoms with E-state index in [1.54, 1.807) is 7.11 Å². The number of aliphatic hydroxyl groups excluding tert-OH is 1. The monoisotopic (exact) mass is 343 g/mol. The molecule has 1 saturated heterocycles. The van der Waals surface area contributed by atoms with Crippen LogP contribution >= 0.6 is 0 Å². The first-order chi connectivity index (χ1) is 11.3. The lowest BCUT2D eigenvalue weighted by Gasteiger charge is -2.52. The van der Waals surface area contributed by atoms with Crippen LogP contribution in [0.25, 0.3) is 0 Å². The van der Waals surface area contributed by atoms with Crippen LogP contribution in [0.2, 0.25) is 0 Å². The number of likely N-dealkylation sites (tertiary alicyclic amines) is 1. The van der Waals surface area contributed by atoms with E-state index in [1.807, 2.05) is 32.6 Å². The summed E-state index contributed by atoms with van der Waals surface area (Å²) in [7, 11) is 1.60. The van der Waals surface area contributed by atoms with Crippen molar-refractivity contribution in [2.24, 2.45) is 11.8 Å². The van der Waals surface area contributed by atoms with E-state index in [1.165, 1.54) is 0 Å². The molecule has 5 atom stereocenters. The maximum absolute atomic E-state index is 12.8. The van der Waals surface area contributed by atoms with Gasteiger partial charge in [-0.2, -0.15) is 0 Å². The summed E-state index contributed by atoms with van der Waals surface area (Å²) >= 11 is 0. The molecule has 2 aliphatic rings. The number of nitrogens with zero attached hydrogens (tertiary/aromatic N) is 1. The lowest BCUT2D eigenvalue weighted by atomic mass is 9.69. The van der Waals surface area contributed by atoms with Crippen LogP contribution in [0.1, 0.15) is 53.4 Å². The number of amides is 1. The van der Waals surface area contributed by atoms with Gasteiger partial charge in [0.1, 0.15) is 12.4 Å². The molecule has 1 amide bonds. The average molecular weight is 343 g/mol. The van der Waals surface area contributed by atoms with Gasteiger partial charge in [-0.05, 0) is 58.8 Å². The van der Waals surface area contributed by atoms with E-state index in [0.717, 1.165) is 25.7 Å². The Morgan fingerprint density at radius 3 is 2.58 bits per heavy atom. The molecule has 1 heterocycles. The van der Waals surface area contributed by atoms with Crippen molar-refractivity contribution in [3.8, 4) is 0 Å². The Morgan fingerprint density at radius 2 is 2.00 bits per heavy atom. The molecule has 2 rings (SSSR count). The van der Waals surface area contributed by atoms with Crippen LogP contribution in [0.3, 0.4) is 0 Å². The van der Waals surface area contributed by atoms with Gasteiger partial charge in [0.2, 0.25) is 0 Å². The van der Waals surface area contributed by atoms with Gasteiger partial charge >= 0.3 is 6.09 Å². The lowest BCUT2D eigenvalue weighted by molar-refractivity contribution is -0.145. The third-order valence-corrected chi connectivity index (χ3v) is 5.25. The van der Waals surface area contributed by atoms with Gasteiger partial charge in [-0.25, -0.2) is 4.79 Å². The fourth-order valence-electron chi connectivity index (χ4n) is 4.18. The largest absolute Gasteiger partial charge is 0.444 e. The molecule has 0 spiro atoms.